The van der Waals surface area contributed by atoms with Crippen LogP contribution in [-0.2, 0) is 0 Å². The molecule has 0 bridgehead atoms. The number of azo groups is 1. The molecule has 0 radical (unpaired) electrons. The molecule has 134 valence electrons. The van der Waals surface area contributed by atoms with Gasteiger partial charge in [0.2, 0.25) is 0 Å². The van der Waals surface area contributed by atoms with E-state index in [1.807, 2.05) is 30.3 Å². The summed E-state index contributed by atoms with van der Waals surface area (Å²) in [6.45, 7) is 0. The topological polar surface area (TPSA) is 92.2 Å². The molecule has 0 fully saturated rings. The maximum absolute atomic E-state index is 10.6. The fourth-order valence-electron chi connectivity index (χ4n) is 2.11. The highest BCUT2D eigenvalue weighted by Crippen LogP contribution is 2.22. The number of nitro groups is 1. The molecular weight excluding hydrogens is 366 g/mol. The predicted octanol–water partition coefficient (Wildman–Crippen LogP) is 6.02. The van der Waals surface area contributed by atoms with Crippen LogP contribution >= 0.6 is 11.6 Å². The number of nitrogens with zero attached hydrogens (tertiary/aromatic N) is 4. The van der Waals surface area contributed by atoms with Crippen molar-refractivity contribution < 1.29 is 4.92 Å². The zero-order valence-corrected chi connectivity index (χ0v) is 14.7. The van der Waals surface area contributed by atoms with Crippen LogP contribution in [-0.4, -0.2) is 10.1 Å². The average molecular weight is 380 g/mol. The Balaban J connectivity index is 1.62. The number of rotatable bonds is 6. The number of non-ortho nitro benzene ring substituents is 1. The van der Waals surface area contributed by atoms with Crippen molar-refractivity contribution >= 4 is 39.5 Å². The van der Waals surface area contributed by atoms with Crippen LogP contribution in [0.3, 0.4) is 0 Å². The Morgan fingerprint density at radius 3 is 1.96 bits per heavy atom. The fraction of sp³-hybridized carbons (Fsp3) is 0. The monoisotopic (exact) mass is 379 g/mol. The van der Waals surface area contributed by atoms with Crippen LogP contribution in [0.15, 0.2) is 94.2 Å². The number of anilines is 1. The molecule has 0 saturated heterocycles. The van der Waals surface area contributed by atoms with Crippen LogP contribution in [0.25, 0.3) is 0 Å². The average Bonchev–Trinajstić information content (AvgIpc) is 2.72. The SMILES string of the molecule is O=[N+]([O-])c1ccc(N=Nc2ccc(NN=C(Cl)c3ccccc3)cc2)cc1. The summed E-state index contributed by atoms with van der Waals surface area (Å²) in [4.78, 5) is 10.2. The van der Waals surface area contributed by atoms with Crippen LogP contribution < -0.4 is 5.43 Å². The molecule has 0 aromatic heterocycles. The van der Waals surface area contributed by atoms with Crippen molar-refractivity contribution in [1.29, 1.82) is 0 Å². The maximum Gasteiger partial charge on any atom is 0.269 e. The number of nitrogens with one attached hydrogen (secondary N) is 1. The van der Waals surface area contributed by atoms with Crippen LogP contribution in [0.5, 0.6) is 0 Å². The summed E-state index contributed by atoms with van der Waals surface area (Å²) in [7, 11) is 0. The summed E-state index contributed by atoms with van der Waals surface area (Å²) in [6, 6.07) is 22.4. The maximum atomic E-state index is 10.6. The van der Waals surface area contributed by atoms with Crippen LogP contribution in [0.2, 0.25) is 0 Å². The van der Waals surface area contributed by atoms with Crippen molar-refractivity contribution in [2.75, 3.05) is 5.43 Å². The third-order valence-electron chi connectivity index (χ3n) is 3.50. The first-order valence-electron chi connectivity index (χ1n) is 7.93. The van der Waals surface area contributed by atoms with E-state index >= 15 is 0 Å². The van der Waals surface area contributed by atoms with E-state index in [2.05, 4.69) is 20.8 Å². The third kappa shape index (κ3) is 5.20. The second kappa shape index (κ2) is 8.68. The molecule has 0 amide bonds. The molecule has 27 heavy (non-hydrogen) atoms. The predicted molar refractivity (Wildman–Crippen MR) is 106 cm³/mol. The van der Waals surface area contributed by atoms with Gasteiger partial charge in [-0.3, -0.25) is 15.5 Å². The van der Waals surface area contributed by atoms with Gasteiger partial charge >= 0.3 is 0 Å². The zero-order valence-electron chi connectivity index (χ0n) is 14.0. The molecule has 7 nitrogen and oxygen atoms in total. The van der Waals surface area contributed by atoms with Gasteiger partial charge in [-0.1, -0.05) is 41.9 Å². The minimum Gasteiger partial charge on any atom is -0.277 e. The van der Waals surface area contributed by atoms with Gasteiger partial charge in [0, 0.05) is 17.7 Å². The number of hydrogen-bond donors (Lipinski definition) is 1. The van der Waals surface area contributed by atoms with E-state index in [0.717, 1.165) is 11.3 Å². The van der Waals surface area contributed by atoms with Crippen LogP contribution in [0.4, 0.5) is 22.7 Å². The van der Waals surface area contributed by atoms with Gasteiger partial charge in [-0.2, -0.15) is 15.3 Å². The first kappa shape index (κ1) is 18.2. The van der Waals surface area contributed by atoms with Crippen LogP contribution in [0, 0.1) is 10.1 Å². The Morgan fingerprint density at radius 1 is 0.852 bits per heavy atom. The molecule has 0 aliphatic heterocycles. The van der Waals surface area contributed by atoms with Gasteiger partial charge in [-0.25, -0.2) is 0 Å². The smallest absolute Gasteiger partial charge is 0.269 e. The Bertz CT molecular complexity index is 971. The molecule has 1 N–H and O–H groups in total. The molecule has 0 unspecified atom stereocenters. The summed E-state index contributed by atoms with van der Waals surface area (Å²) in [6.07, 6.45) is 0. The summed E-state index contributed by atoms with van der Waals surface area (Å²) < 4.78 is 0. The fourth-order valence-corrected chi connectivity index (χ4v) is 2.28. The van der Waals surface area contributed by atoms with Crippen LogP contribution in [0.1, 0.15) is 5.56 Å². The van der Waals surface area contributed by atoms with E-state index in [4.69, 9.17) is 11.6 Å². The van der Waals surface area contributed by atoms with E-state index < -0.39 is 4.92 Å². The molecular formula is C19H14ClN5O2. The van der Waals surface area contributed by atoms with Gasteiger partial charge in [0.05, 0.1) is 22.0 Å². The minimum atomic E-state index is -0.459. The van der Waals surface area contributed by atoms with Gasteiger partial charge in [0.1, 0.15) is 0 Å². The standard InChI is InChI=1S/C19H14ClN5O2/c20-19(14-4-2-1-3-5-14)24-23-16-8-6-15(7-9-16)21-22-17-10-12-18(13-11-17)25(26)27/h1-13,23H. The second-order valence-corrected chi connectivity index (χ2v) is 5.76. The Morgan fingerprint density at radius 2 is 1.41 bits per heavy atom. The first-order chi connectivity index (χ1) is 13.1. The molecule has 0 spiro atoms. The Kier molecular flexibility index (Phi) is 5.86. The summed E-state index contributed by atoms with van der Waals surface area (Å²) in [5, 5.41) is 23.3. The molecule has 8 heteroatoms. The van der Waals surface area contributed by atoms with Crippen molar-refractivity contribution in [1.82, 2.24) is 0 Å². The molecule has 3 aromatic carbocycles. The lowest BCUT2D eigenvalue weighted by molar-refractivity contribution is -0.384. The molecule has 0 aliphatic carbocycles. The number of hydrazone groups is 1. The van der Waals surface area contributed by atoms with Gasteiger partial charge in [-0.15, -0.1) is 0 Å². The van der Waals surface area contributed by atoms with Gasteiger partial charge in [0.15, 0.2) is 5.17 Å². The van der Waals surface area contributed by atoms with Crippen molar-refractivity contribution in [2.24, 2.45) is 15.3 Å². The quantitative estimate of drug-likeness (QED) is 0.245. The highest BCUT2D eigenvalue weighted by Gasteiger charge is 2.03. The van der Waals surface area contributed by atoms with E-state index in [-0.39, 0.29) is 5.69 Å². The van der Waals surface area contributed by atoms with E-state index in [9.17, 15) is 10.1 Å². The van der Waals surface area contributed by atoms with Crippen molar-refractivity contribution in [3.63, 3.8) is 0 Å². The number of hydrogen-bond acceptors (Lipinski definition) is 6. The zero-order chi connectivity index (χ0) is 19.1. The first-order valence-corrected chi connectivity index (χ1v) is 8.30. The van der Waals surface area contributed by atoms with E-state index in [0.29, 0.717) is 16.5 Å². The normalized spacial score (nSPS) is 11.5. The van der Waals surface area contributed by atoms with Crippen molar-refractivity contribution in [3.8, 4) is 0 Å². The lowest BCUT2D eigenvalue weighted by Crippen LogP contribution is -1.96. The molecule has 0 saturated carbocycles. The summed E-state index contributed by atoms with van der Waals surface area (Å²) >= 11 is 6.15. The molecule has 0 aliphatic rings. The van der Waals surface area contributed by atoms with Gasteiger partial charge < -0.3 is 0 Å². The van der Waals surface area contributed by atoms with E-state index in [1.165, 1.54) is 24.3 Å². The van der Waals surface area contributed by atoms with Gasteiger partial charge in [-0.05, 0) is 36.4 Å². The number of halogens is 1. The second-order valence-electron chi connectivity index (χ2n) is 5.40. The minimum absolute atomic E-state index is 0.0131. The molecule has 3 rings (SSSR count). The highest BCUT2D eigenvalue weighted by molar-refractivity contribution is 6.69. The lowest BCUT2D eigenvalue weighted by Gasteiger charge is -2.02. The molecule has 3 aromatic rings. The highest BCUT2D eigenvalue weighted by atomic mass is 35.5. The Hall–Kier alpha value is -3.58. The number of nitro benzene ring substituents is 1. The molecule has 0 heterocycles. The molecule has 0 atom stereocenters. The van der Waals surface area contributed by atoms with Crippen molar-refractivity contribution in [3.05, 3.63) is 94.5 Å². The summed E-state index contributed by atoms with van der Waals surface area (Å²) in [5.74, 6) is 0. The lowest BCUT2D eigenvalue weighted by atomic mass is 10.2. The Labute approximate surface area is 160 Å². The van der Waals surface area contributed by atoms with Crippen molar-refractivity contribution in [2.45, 2.75) is 0 Å². The third-order valence-corrected chi connectivity index (χ3v) is 3.81. The number of benzene rings is 3. The van der Waals surface area contributed by atoms with E-state index in [1.54, 1.807) is 24.3 Å². The summed E-state index contributed by atoms with van der Waals surface area (Å²) in [5.41, 5.74) is 5.63. The van der Waals surface area contributed by atoms with Gasteiger partial charge in [0.25, 0.3) is 5.69 Å². The largest absolute Gasteiger partial charge is 0.277 e.